The number of phenols is 2. The number of phenolic OH excluding ortho intramolecular Hbond substituents is 2. The summed E-state index contributed by atoms with van der Waals surface area (Å²) in [6, 6.07) is 7.29. The van der Waals surface area contributed by atoms with Gasteiger partial charge in [-0.25, -0.2) is 12.8 Å². The average molecular weight is 383 g/mol. The lowest BCUT2D eigenvalue weighted by molar-refractivity contribution is 0.0791. The first-order valence-electron chi connectivity index (χ1n) is 7.50. The third-order valence-corrected chi connectivity index (χ3v) is 4.88. The molecule has 0 radical (unpaired) electrons. The molecule has 2 aromatic rings. The molecule has 0 saturated carbocycles. The Hall–Kier alpha value is -2.65. The Bertz CT molecular complexity index is 898. The minimum absolute atomic E-state index is 0.0293. The second-order valence-corrected chi connectivity index (χ2v) is 7.74. The van der Waals surface area contributed by atoms with Crippen LogP contribution < -0.4 is 5.32 Å². The molecule has 2 unspecified atom stereocenters. The van der Waals surface area contributed by atoms with E-state index in [1.165, 1.54) is 30.3 Å². The van der Waals surface area contributed by atoms with Crippen molar-refractivity contribution in [2.45, 2.75) is 17.0 Å². The number of alkyl halides is 1. The molecular weight excluding hydrogens is 365 g/mol. The van der Waals surface area contributed by atoms with Gasteiger partial charge in [0.15, 0.2) is 21.3 Å². The number of carbonyl (C=O) groups is 1. The summed E-state index contributed by atoms with van der Waals surface area (Å²) in [4.78, 5) is 12.2. The lowest BCUT2D eigenvalue weighted by Gasteiger charge is -2.22. The quantitative estimate of drug-likeness (QED) is 0.558. The summed E-state index contributed by atoms with van der Waals surface area (Å²) in [5, 5.41) is 31.2. The normalized spacial score (nSPS) is 13.8. The van der Waals surface area contributed by atoms with Crippen LogP contribution in [0.15, 0.2) is 47.4 Å². The van der Waals surface area contributed by atoms with Gasteiger partial charge in [-0.1, -0.05) is 12.1 Å². The molecule has 0 fully saturated rings. The number of aliphatic hydroxyl groups is 1. The van der Waals surface area contributed by atoms with E-state index < -0.39 is 46.1 Å². The van der Waals surface area contributed by atoms with E-state index in [1.54, 1.807) is 0 Å². The molecule has 26 heavy (non-hydrogen) atoms. The minimum Gasteiger partial charge on any atom is -0.504 e. The molecule has 0 aliphatic heterocycles. The van der Waals surface area contributed by atoms with E-state index >= 15 is 0 Å². The van der Waals surface area contributed by atoms with Gasteiger partial charge in [0.25, 0.3) is 5.91 Å². The lowest BCUT2D eigenvalue weighted by Crippen LogP contribution is -2.41. The van der Waals surface area contributed by atoms with Gasteiger partial charge in [0, 0.05) is 11.8 Å². The number of rotatable bonds is 6. The SMILES string of the molecule is CS(=O)(=O)c1ccc(C(O)C(CF)NC(=O)c2ccc(O)c(O)c2)cc1. The van der Waals surface area contributed by atoms with Crippen molar-refractivity contribution >= 4 is 15.7 Å². The van der Waals surface area contributed by atoms with Gasteiger partial charge in [-0.05, 0) is 35.9 Å². The molecule has 0 heterocycles. The van der Waals surface area contributed by atoms with Gasteiger partial charge in [0.2, 0.25) is 0 Å². The largest absolute Gasteiger partial charge is 0.504 e. The Morgan fingerprint density at radius 2 is 1.73 bits per heavy atom. The molecule has 0 aliphatic rings. The predicted molar refractivity (Wildman–Crippen MR) is 91.5 cm³/mol. The monoisotopic (exact) mass is 383 g/mol. The van der Waals surface area contributed by atoms with Gasteiger partial charge >= 0.3 is 0 Å². The molecule has 0 bridgehead atoms. The van der Waals surface area contributed by atoms with E-state index in [0.717, 1.165) is 18.4 Å². The van der Waals surface area contributed by atoms with E-state index in [1.807, 2.05) is 0 Å². The van der Waals surface area contributed by atoms with Gasteiger partial charge < -0.3 is 20.6 Å². The van der Waals surface area contributed by atoms with Crippen LogP contribution in [0.25, 0.3) is 0 Å². The maximum absolute atomic E-state index is 13.3. The number of benzene rings is 2. The summed E-state index contributed by atoms with van der Waals surface area (Å²) in [5.41, 5.74) is 0.201. The summed E-state index contributed by atoms with van der Waals surface area (Å²) >= 11 is 0. The zero-order valence-corrected chi connectivity index (χ0v) is 14.6. The van der Waals surface area contributed by atoms with Gasteiger partial charge in [-0.2, -0.15) is 0 Å². The second kappa shape index (κ2) is 7.71. The molecule has 1 amide bonds. The van der Waals surface area contributed by atoms with Crippen molar-refractivity contribution in [1.82, 2.24) is 5.32 Å². The first kappa shape index (κ1) is 19.7. The summed E-state index contributed by atoms with van der Waals surface area (Å²) in [5.74, 6) is -1.67. The van der Waals surface area contributed by atoms with Crippen LogP contribution in [0.3, 0.4) is 0 Å². The highest BCUT2D eigenvalue weighted by Gasteiger charge is 2.24. The topological polar surface area (TPSA) is 124 Å². The van der Waals surface area contributed by atoms with Gasteiger partial charge in [-0.3, -0.25) is 4.79 Å². The van der Waals surface area contributed by atoms with E-state index in [4.69, 9.17) is 0 Å². The third kappa shape index (κ3) is 4.50. The van der Waals surface area contributed by atoms with Crippen LogP contribution in [-0.4, -0.2) is 48.6 Å². The number of carbonyl (C=O) groups excluding carboxylic acids is 1. The summed E-state index contributed by atoms with van der Waals surface area (Å²) in [6.45, 7) is -1.08. The summed E-state index contributed by atoms with van der Waals surface area (Å²) in [7, 11) is -3.40. The van der Waals surface area contributed by atoms with Crippen molar-refractivity contribution in [2.75, 3.05) is 12.9 Å². The second-order valence-electron chi connectivity index (χ2n) is 5.72. The summed E-state index contributed by atoms with van der Waals surface area (Å²) < 4.78 is 36.2. The molecule has 2 atom stereocenters. The fourth-order valence-corrected chi connectivity index (χ4v) is 2.89. The molecular formula is C17H18FNO6S. The number of hydrogen-bond donors (Lipinski definition) is 4. The van der Waals surface area contributed by atoms with Crippen LogP contribution in [-0.2, 0) is 9.84 Å². The molecule has 140 valence electrons. The molecule has 0 saturated heterocycles. The van der Waals surface area contributed by atoms with Crippen molar-refractivity contribution in [3.63, 3.8) is 0 Å². The maximum Gasteiger partial charge on any atom is 0.251 e. The molecule has 0 aromatic heterocycles. The average Bonchev–Trinajstić information content (AvgIpc) is 2.60. The Kier molecular flexibility index (Phi) is 5.83. The van der Waals surface area contributed by atoms with Gasteiger partial charge in [-0.15, -0.1) is 0 Å². The minimum atomic E-state index is -3.40. The number of aromatic hydroxyl groups is 2. The zero-order chi connectivity index (χ0) is 19.5. The van der Waals surface area contributed by atoms with Crippen molar-refractivity contribution in [3.05, 3.63) is 53.6 Å². The van der Waals surface area contributed by atoms with Crippen LogP contribution in [0.1, 0.15) is 22.0 Å². The Balaban J connectivity index is 2.16. The lowest BCUT2D eigenvalue weighted by atomic mass is 10.0. The number of amides is 1. The first-order chi connectivity index (χ1) is 12.1. The Morgan fingerprint density at radius 1 is 1.12 bits per heavy atom. The van der Waals surface area contributed by atoms with E-state index in [2.05, 4.69) is 5.32 Å². The van der Waals surface area contributed by atoms with Crippen LogP contribution >= 0.6 is 0 Å². The van der Waals surface area contributed by atoms with E-state index in [0.29, 0.717) is 0 Å². The van der Waals surface area contributed by atoms with Crippen LogP contribution in [0.2, 0.25) is 0 Å². The molecule has 7 nitrogen and oxygen atoms in total. The number of nitrogens with one attached hydrogen (secondary N) is 1. The molecule has 9 heteroatoms. The molecule has 2 aromatic carbocycles. The fourth-order valence-electron chi connectivity index (χ4n) is 2.26. The molecule has 0 aliphatic carbocycles. The molecule has 0 spiro atoms. The van der Waals surface area contributed by atoms with Crippen LogP contribution in [0.5, 0.6) is 11.5 Å². The van der Waals surface area contributed by atoms with E-state index in [-0.39, 0.29) is 16.0 Å². The zero-order valence-electron chi connectivity index (χ0n) is 13.8. The van der Waals surface area contributed by atoms with Gasteiger partial charge in [0.1, 0.15) is 12.8 Å². The number of aliphatic hydroxyl groups excluding tert-OH is 1. The number of sulfone groups is 1. The standard InChI is InChI=1S/C17H18FNO6S/c1-26(24,25)12-5-2-10(3-6-12)16(22)13(9-18)19-17(23)11-4-7-14(20)15(21)8-11/h2-8,13,16,20-22H,9H2,1H3,(H,19,23). The highest BCUT2D eigenvalue weighted by atomic mass is 32.2. The highest BCUT2D eigenvalue weighted by molar-refractivity contribution is 7.90. The predicted octanol–water partition coefficient (Wildman–Crippen LogP) is 1.30. The Labute approximate surface area is 149 Å². The maximum atomic E-state index is 13.3. The first-order valence-corrected chi connectivity index (χ1v) is 9.39. The van der Waals surface area contributed by atoms with Gasteiger partial charge in [0.05, 0.1) is 10.9 Å². The summed E-state index contributed by atoms with van der Waals surface area (Å²) in [6.07, 6.45) is -0.376. The molecule has 2 rings (SSSR count). The van der Waals surface area contributed by atoms with Crippen molar-refractivity contribution in [2.24, 2.45) is 0 Å². The third-order valence-electron chi connectivity index (χ3n) is 3.75. The molecule has 4 N–H and O–H groups in total. The fraction of sp³-hybridized carbons (Fsp3) is 0.235. The van der Waals surface area contributed by atoms with Crippen LogP contribution in [0.4, 0.5) is 4.39 Å². The Morgan fingerprint density at radius 3 is 2.23 bits per heavy atom. The number of hydrogen-bond acceptors (Lipinski definition) is 6. The number of halogens is 1. The van der Waals surface area contributed by atoms with Crippen molar-refractivity contribution < 1.29 is 32.9 Å². The van der Waals surface area contributed by atoms with E-state index in [9.17, 15) is 32.9 Å². The highest BCUT2D eigenvalue weighted by Crippen LogP contribution is 2.25. The van der Waals surface area contributed by atoms with Crippen LogP contribution in [0, 0.1) is 0 Å². The smallest absolute Gasteiger partial charge is 0.251 e. The van der Waals surface area contributed by atoms with Crippen molar-refractivity contribution in [1.29, 1.82) is 0 Å². The van der Waals surface area contributed by atoms with Crippen molar-refractivity contribution in [3.8, 4) is 11.5 Å².